The largest absolute Gasteiger partial charge is 0.323 e. The Morgan fingerprint density at radius 1 is 1.14 bits per heavy atom. The molecule has 2 unspecified atom stereocenters. The first-order valence-electron chi connectivity index (χ1n) is 8.57. The fraction of sp³-hybridized carbons (Fsp3) is 0.667. The summed E-state index contributed by atoms with van der Waals surface area (Å²) in [6.45, 7) is 8.19. The molecular formula is C18H29N3. The van der Waals surface area contributed by atoms with E-state index in [0.29, 0.717) is 0 Å². The predicted molar refractivity (Wildman–Crippen MR) is 88.4 cm³/mol. The van der Waals surface area contributed by atoms with Crippen LogP contribution in [0, 0.1) is 0 Å². The average molecular weight is 287 g/mol. The Hall–Kier alpha value is -0.900. The van der Waals surface area contributed by atoms with E-state index in [1.165, 1.54) is 56.6 Å². The van der Waals surface area contributed by atoms with Crippen molar-refractivity contribution in [1.29, 1.82) is 0 Å². The van der Waals surface area contributed by atoms with Crippen LogP contribution in [0.3, 0.4) is 0 Å². The summed E-state index contributed by atoms with van der Waals surface area (Å²) in [6, 6.07) is 9.78. The SMILES string of the molecule is CCc1ccc(C(N)CN2CCCN3CCCC3C2)cc1. The predicted octanol–water partition coefficient (Wildman–Crippen LogP) is 2.42. The normalized spacial score (nSPS) is 25.5. The minimum absolute atomic E-state index is 0.142. The van der Waals surface area contributed by atoms with Gasteiger partial charge in [0.1, 0.15) is 0 Å². The van der Waals surface area contributed by atoms with Gasteiger partial charge in [-0.1, -0.05) is 31.2 Å². The molecule has 0 aliphatic carbocycles. The summed E-state index contributed by atoms with van der Waals surface area (Å²) in [4.78, 5) is 5.27. The summed E-state index contributed by atoms with van der Waals surface area (Å²) in [5.41, 5.74) is 9.12. The Bertz CT molecular complexity index is 442. The second-order valence-corrected chi connectivity index (χ2v) is 6.65. The highest BCUT2D eigenvalue weighted by Crippen LogP contribution is 2.22. The Labute approximate surface area is 129 Å². The number of aryl methyl sites for hydroxylation is 1. The lowest BCUT2D eigenvalue weighted by atomic mass is 10.0. The molecular weight excluding hydrogens is 258 g/mol. The summed E-state index contributed by atoms with van der Waals surface area (Å²) < 4.78 is 0. The van der Waals surface area contributed by atoms with Crippen molar-refractivity contribution < 1.29 is 0 Å². The lowest BCUT2D eigenvalue weighted by molar-refractivity contribution is 0.213. The van der Waals surface area contributed by atoms with E-state index in [9.17, 15) is 0 Å². The first-order chi connectivity index (χ1) is 10.3. The van der Waals surface area contributed by atoms with Crippen molar-refractivity contribution in [2.75, 3.05) is 32.7 Å². The molecule has 2 atom stereocenters. The molecule has 0 radical (unpaired) electrons. The van der Waals surface area contributed by atoms with Crippen LogP contribution < -0.4 is 5.73 Å². The maximum absolute atomic E-state index is 6.45. The maximum atomic E-state index is 6.45. The Balaban J connectivity index is 1.59. The van der Waals surface area contributed by atoms with E-state index in [1.807, 2.05) is 0 Å². The van der Waals surface area contributed by atoms with Crippen LogP contribution in [0.1, 0.15) is 43.4 Å². The molecule has 21 heavy (non-hydrogen) atoms. The summed E-state index contributed by atoms with van der Waals surface area (Å²) in [5, 5.41) is 0. The molecule has 2 heterocycles. The number of fused-ring (bicyclic) bond motifs is 1. The average Bonchev–Trinajstić information content (AvgIpc) is 2.86. The van der Waals surface area contributed by atoms with Gasteiger partial charge in [0.15, 0.2) is 0 Å². The molecule has 3 heteroatoms. The molecule has 0 bridgehead atoms. The van der Waals surface area contributed by atoms with Gasteiger partial charge in [0, 0.05) is 25.2 Å². The summed E-state index contributed by atoms with van der Waals surface area (Å²) in [6.07, 6.45) is 5.14. The molecule has 0 aromatic heterocycles. The Kier molecular flexibility index (Phi) is 4.94. The van der Waals surface area contributed by atoms with Gasteiger partial charge in [-0.2, -0.15) is 0 Å². The molecule has 2 aliphatic rings. The monoisotopic (exact) mass is 287 g/mol. The summed E-state index contributed by atoms with van der Waals surface area (Å²) in [7, 11) is 0. The molecule has 2 N–H and O–H groups in total. The van der Waals surface area contributed by atoms with E-state index < -0.39 is 0 Å². The van der Waals surface area contributed by atoms with Gasteiger partial charge < -0.3 is 5.73 Å². The zero-order valence-electron chi connectivity index (χ0n) is 13.3. The van der Waals surface area contributed by atoms with Crippen LogP contribution in [0.25, 0.3) is 0 Å². The molecule has 0 spiro atoms. The van der Waals surface area contributed by atoms with Crippen LogP contribution in [-0.4, -0.2) is 48.6 Å². The van der Waals surface area contributed by atoms with E-state index in [-0.39, 0.29) is 6.04 Å². The number of rotatable bonds is 4. The summed E-state index contributed by atoms with van der Waals surface area (Å²) >= 11 is 0. The highest BCUT2D eigenvalue weighted by atomic mass is 15.3. The molecule has 2 saturated heterocycles. The van der Waals surface area contributed by atoms with Crippen molar-refractivity contribution >= 4 is 0 Å². The highest BCUT2D eigenvalue weighted by molar-refractivity contribution is 5.25. The lowest BCUT2D eigenvalue weighted by Gasteiger charge is -2.27. The molecule has 1 aromatic carbocycles. The molecule has 3 rings (SSSR count). The van der Waals surface area contributed by atoms with Gasteiger partial charge in [-0.25, -0.2) is 0 Å². The smallest absolute Gasteiger partial charge is 0.0424 e. The molecule has 3 nitrogen and oxygen atoms in total. The molecule has 0 saturated carbocycles. The first-order valence-corrected chi connectivity index (χ1v) is 8.57. The molecule has 116 valence electrons. The van der Waals surface area contributed by atoms with Crippen molar-refractivity contribution in [1.82, 2.24) is 9.80 Å². The Morgan fingerprint density at radius 3 is 2.67 bits per heavy atom. The van der Waals surface area contributed by atoms with Gasteiger partial charge in [-0.15, -0.1) is 0 Å². The highest BCUT2D eigenvalue weighted by Gasteiger charge is 2.29. The third-order valence-electron chi connectivity index (χ3n) is 5.16. The van der Waals surface area contributed by atoms with E-state index in [2.05, 4.69) is 41.0 Å². The third kappa shape index (κ3) is 3.65. The van der Waals surface area contributed by atoms with Crippen molar-refractivity contribution in [3.8, 4) is 0 Å². The minimum Gasteiger partial charge on any atom is -0.323 e. The van der Waals surface area contributed by atoms with Crippen molar-refractivity contribution in [2.45, 2.75) is 44.7 Å². The second-order valence-electron chi connectivity index (χ2n) is 6.65. The molecule has 2 fully saturated rings. The van der Waals surface area contributed by atoms with Crippen LogP contribution in [0.2, 0.25) is 0 Å². The number of benzene rings is 1. The van der Waals surface area contributed by atoms with E-state index in [0.717, 1.165) is 19.0 Å². The second kappa shape index (κ2) is 6.91. The number of hydrogen-bond acceptors (Lipinski definition) is 3. The van der Waals surface area contributed by atoms with Crippen LogP contribution in [0.5, 0.6) is 0 Å². The Morgan fingerprint density at radius 2 is 1.90 bits per heavy atom. The number of nitrogens with zero attached hydrogens (tertiary/aromatic N) is 2. The van der Waals surface area contributed by atoms with E-state index in [1.54, 1.807) is 0 Å². The zero-order valence-corrected chi connectivity index (χ0v) is 13.3. The van der Waals surface area contributed by atoms with Gasteiger partial charge in [0.2, 0.25) is 0 Å². The molecule has 0 amide bonds. The molecule has 1 aromatic rings. The van der Waals surface area contributed by atoms with Gasteiger partial charge in [0.05, 0.1) is 0 Å². The minimum atomic E-state index is 0.142. The standard InChI is InChI=1S/C18H29N3/c1-2-15-6-8-16(9-7-15)18(19)14-20-10-4-12-21-11-3-5-17(21)13-20/h6-9,17-18H,2-5,10-14,19H2,1H3. The van der Waals surface area contributed by atoms with E-state index in [4.69, 9.17) is 5.73 Å². The van der Waals surface area contributed by atoms with Crippen LogP contribution in [0.4, 0.5) is 0 Å². The van der Waals surface area contributed by atoms with Crippen molar-refractivity contribution in [2.24, 2.45) is 5.73 Å². The van der Waals surface area contributed by atoms with Crippen LogP contribution in [-0.2, 0) is 6.42 Å². The van der Waals surface area contributed by atoms with Gasteiger partial charge in [-0.3, -0.25) is 9.80 Å². The van der Waals surface area contributed by atoms with Crippen LogP contribution >= 0.6 is 0 Å². The first kappa shape index (κ1) is 15.0. The third-order valence-corrected chi connectivity index (χ3v) is 5.16. The van der Waals surface area contributed by atoms with Crippen molar-refractivity contribution in [3.05, 3.63) is 35.4 Å². The van der Waals surface area contributed by atoms with E-state index >= 15 is 0 Å². The number of nitrogens with two attached hydrogens (primary N) is 1. The fourth-order valence-corrected chi connectivity index (χ4v) is 3.83. The fourth-order valence-electron chi connectivity index (χ4n) is 3.83. The quantitative estimate of drug-likeness (QED) is 0.923. The van der Waals surface area contributed by atoms with Gasteiger partial charge >= 0.3 is 0 Å². The van der Waals surface area contributed by atoms with Gasteiger partial charge in [-0.05, 0) is 56.4 Å². The lowest BCUT2D eigenvalue weighted by Crippen LogP contribution is -2.39. The van der Waals surface area contributed by atoms with Crippen molar-refractivity contribution in [3.63, 3.8) is 0 Å². The van der Waals surface area contributed by atoms with Crippen LogP contribution in [0.15, 0.2) is 24.3 Å². The zero-order chi connectivity index (χ0) is 14.7. The topological polar surface area (TPSA) is 32.5 Å². The summed E-state index contributed by atoms with van der Waals surface area (Å²) in [5.74, 6) is 0. The molecule has 2 aliphatic heterocycles. The number of hydrogen-bond donors (Lipinski definition) is 1. The van der Waals surface area contributed by atoms with Gasteiger partial charge in [0.25, 0.3) is 0 Å². The maximum Gasteiger partial charge on any atom is 0.0424 e.